The van der Waals surface area contributed by atoms with Crippen LogP contribution in [0.4, 0.5) is 0 Å². The molecule has 5 nitrogen and oxygen atoms in total. The summed E-state index contributed by atoms with van der Waals surface area (Å²) in [5, 5.41) is 2.74. The third-order valence-corrected chi connectivity index (χ3v) is 2.86. The second kappa shape index (κ2) is 8.46. The van der Waals surface area contributed by atoms with E-state index in [1.165, 1.54) is 6.08 Å². The van der Waals surface area contributed by atoms with Gasteiger partial charge in [-0.15, -0.1) is 6.42 Å². The van der Waals surface area contributed by atoms with Gasteiger partial charge in [0.05, 0.1) is 6.54 Å². The van der Waals surface area contributed by atoms with Crippen molar-refractivity contribution < 1.29 is 4.79 Å². The van der Waals surface area contributed by atoms with Gasteiger partial charge in [-0.05, 0) is 13.5 Å². The molecule has 1 aliphatic rings. The summed E-state index contributed by atoms with van der Waals surface area (Å²) < 4.78 is 0. The van der Waals surface area contributed by atoms with E-state index in [1.807, 2.05) is 6.92 Å². The molecule has 1 N–H and O–H groups in total. The first-order valence-electron chi connectivity index (χ1n) is 6.55. The smallest absolute Gasteiger partial charge is 0.239 e. The molecule has 5 heteroatoms. The van der Waals surface area contributed by atoms with Gasteiger partial charge in [-0.2, -0.15) is 0 Å². The highest BCUT2D eigenvalue weighted by molar-refractivity contribution is 5.80. The highest BCUT2D eigenvalue weighted by Crippen LogP contribution is 1.99. The lowest BCUT2D eigenvalue weighted by molar-refractivity contribution is -0.121. The van der Waals surface area contributed by atoms with Crippen molar-refractivity contribution >= 4 is 12.1 Å². The summed E-state index contributed by atoms with van der Waals surface area (Å²) in [5.74, 6) is 2.74. The van der Waals surface area contributed by atoms with E-state index in [9.17, 15) is 4.79 Å². The Kier molecular flexibility index (Phi) is 6.86. The molecule has 1 rings (SSSR count). The minimum atomic E-state index is -0.0701. The van der Waals surface area contributed by atoms with Crippen molar-refractivity contribution in [2.75, 3.05) is 39.8 Å². The summed E-state index contributed by atoms with van der Waals surface area (Å²) in [6.07, 6.45) is 9.20. The molecule has 1 saturated heterocycles. The monoisotopic (exact) mass is 262 g/mol. The van der Waals surface area contributed by atoms with Crippen LogP contribution in [0, 0.1) is 12.3 Å². The van der Waals surface area contributed by atoms with Crippen molar-refractivity contribution in [3.8, 4) is 12.3 Å². The lowest BCUT2D eigenvalue weighted by Crippen LogP contribution is -2.47. The summed E-state index contributed by atoms with van der Waals surface area (Å²) in [5.41, 5.74) is 0. The van der Waals surface area contributed by atoms with Crippen LogP contribution in [0.15, 0.2) is 16.9 Å². The average molecular weight is 262 g/mol. The zero-order valence-electron chi connectivity index (χ0n) is 11.7. The molecule has 0 aromatic rings. The molecule has 0 saturated carbocycles. The van der Waals surface area contributed by atoms with E-state index in [0.29, 0.717) is 12.4 Å². The zero-order valence-corrected chi connectivity index (χ0v) is 11.7. The van der Waals surface area contributed by atoms with Crippen molar-refractivity contribution in [2.24, 2.45) is 4.99 Å². The van der Waals surface area contributed by atoms with Gasteiger partial charge in [0.25, 0.3) is 0 Å². The van der Waals surface area contributed by atoms with Crippen LogP contribution in [0.25, 0.3) is 0 Å². The second-order valence-electron chi connectivity index (χ2n) is 4.54. The molecule has 0 unspecified atom stereocenters. The van der Waals surface area contributed by atoms with E-state index in [4.69, 9.17) is 6.42 Å². The number of amides is 1. The molecule has 1 aliphatic heterocycles. The predicted octanol–water partition coefficient (Wildman–Crippen LogP) is 0.305. The van der Waals surface area contributed by atoms with Gasteiger partial charge in [0, 0.05) is 38.5 Å². The topological polar surface area (TPSA) is 47.9 Å². The maximum atomic E-state index is 11.9. The van der Waals surface area contributed by atoms with Gasteiger partial charge in [-0.3, -0.25) is 9.69 Å². The molecule has 19 heavy (non-hydrogen) atoms. The Labute approximate surface area is 115 Å². The zero-order chi connectivity index (χ0) is 14.1. The Morgan fingerprint density at radius 2 is 2.11 bits per heavy atom. The fourth-order valence-electron chi connectivity index (χ4n) is 1.77. The third-order valence-electron chi connectivity index (χ3n) is 2.86. The lowest BCUT2D eigenvalue weighted by Gasteiger charge is -2.31. The maximum absolute atomic E-state index is 11.9. The number of allylic oxidation sites excluding steroid dienone is 1. The molecule has 0 aromatic carbocycles. The molecule has 1 fully saturated rings. The fraction of sp³-hybridized carbons (Fsp3) is 0.571. The van der Waals surface area contributed by atoms with Crippen LogP contribution in [0.2, 0.25) is 0 Å². The third kappa shape index (κ3) is 6.18. The van der Waals surface area contributed by atoms with E-state index < -0.39 is 0 Å². The van der Waals surface area contributed by atoms with Crippen molar-refractivity contribution in [3.05, 3.63) is 11.9 Å². The molecular weight excluding hydrogens is 240 g/mol. The number of hydrogen-bond acceptors (Lipinski definition) is 4. The van der Waals surface area contributed by atoms with Crippen LogP contribution in [-0.4, -0.2) is 61.7 Å². The number of likely N-dealkylation sites (N-methyl/N-ethyl adjacent to an activating group) is 1. The fourth-order valence-corrected chi connectivity index (χ4v) is 1.77. The standard InChI is InChI=1S/C14H22N4O/c1-4-6-13(15-7-5-2)16-14(19)12-18-10-8-17(3)9-11-18/h1,6-7H,5,8-12H2,2-3H3,(H,16,19)/b13-6+,15-7?. The number of carbonyl (C=O) groups excluding carboxylic acids is 1. The SMILES string of the molecule is C#C/C=C(\N=CCC)NC(=O)CN1CCN(C)CC1. The van der Waals surface area contributed by atoms with Crippen molar-refractivity contribution in [2.45, 2.75) is 13.3 Å². The largest absolute Gasteiger partial charge is 0.309 e. The first kappa shape index (κ1) is 15.4. The average Bonchev–Trinajstić information content (AvgIpc) is 2.39. The Hall–Kier alpha value is -1.64. The van der Waals surface area contributed by atoms with E-state index in [0.717, 1.165) is 32.6 Å². The van der Waals surface area contributed by atoms with Crippen molar-refractivity contribution in [1.82, 2.24) is 15.1 Å². The Bertz CT molecular complexity index is 387. The van der Waals surface area contributed by atoms with Gasteiger partial charge in [0.2, 0.25) is 5.91 Å². The number of hydrogen-bond donors (Lipinski definition) is 1. The van der Waals surface area contributed by atoms with Gasteiger partial charge < -0.3 is 10.2 Å². The van der Waals surface area contributed by atoms with Crippen molar-refractivity contribution in [1.29, 1.82) is 0 Å². The number of piperazine rings is 1. The molecule has 0 spiro atoms. The molecule has 0 bridgehead atoms. The predicted molar refractivity (Wildman–Crippen MR) is 77.8 cm³/mol. The van der Waals surface area contributed by atoms with Gasteiger partial charge in [-0.1, -0.05) is 12.8 Å². The molecule has 0 aliphatic carbocycles. The van der Waals surface area contributed by atoms with Crippen LogP contribution in [-0.2, 0) is 4.79 Å². The Balaban J connectivity index is 2.43. The summed E-state index contributed by atoms with van der Waals surface area (Å²) in [7, 11) is 2.09. The van der Waals surface area contributed by atoms with E-state index in [2.05, 4.69) is 33.1 Å². The molecule has 0 atom stereocenters. The summed E-state index contributed by atoms with van der Waals surface area (Å²) in [6.45, 7) is 6.18. The quantitative estimate of drug-likeness (QED) is 0.573. The minimum Gasteiger partial charge on any atom is -0.309 e. The van der Waals surface area contributed by atoms with Crippen molar-refractivity contribution in [3.63, 3.8) is 0 Å². The summed E-state index contributed by atoms with van der Waals surface area (Å²) in [4.78, 5) is 20.4. The van der Waals surface area contributed by atoms with Crippen LogP contribution < -0.4 is 5.32 Å². The lowest BCUT2D eigenvalue weighted by atomic mass is 10.3. The van der Waals surface area contributed by atoms with Crippen LogP contribution in [0.3, 0.4) is 0 Å². The van der Waals surface area contributed by atoms with E-state index in [-0.39, 0.29) is 5.91 Å². The number of terminal acetylenes is 1. The summed E-state index contributed by atoms with van der Waals surface area (Å²) >= 11 is 0. The van der Waals surface area contributed by atoms with Crippen LogP contribution in [0.5, 0.6) is 0 Å². The van der Waals surface area contributed by atoms with Gasteiger partial charge >= 0.3 is 0 Å². The molecule has 0 radical (unpaired) electrons. The highest BCUT2D eigenvalue weighted by Gasteiger charge is 2.16. The molecule has 1 amide bonds. The maximum Gasteiger partial charge on any atom is 0.239 e. The normalized spacial score (nSPS) is 18.5. The minimum absolute atomic E-state index is 0.0701. The number of aliphatic imine (C=N–C) groups is 1. The van der Waals surface area contributed by atoms with Gasteiger partial charge in [-0.25, -0.2) is 4.99 Å². The Morgan fingerprint density at radius 1 is 1.42 bits per heavy atom. The molecular formula is C14H22N4O. The second-order valence-corrected chi connectivity index (χ2v) is 4.54. The number of nitrogens with one attached hydrogen (secondary N) is 1. The number of carbonyl (C=O) groups is 1. The Morgan fingerprint density at radius 3 is 2.68 bits per heavy atom. The molecule has 1 heterocycles. The first-order valence-corrected chi connectivity index (χ1v) is 6.55. The summed E-state index contributed by atoms with van der Waals surface area (Å²) in [6, 6.07) is 0. The number of rotatable bonds is 5. The van der Waals surface area contributed by atoms with Crippen LogP contribution >= 0.6 is 0 Å². The van der Waals surface area contributed by atoms with Crippen LogP contribution in [0.1, 0.15) is 13.3 Å². The highest BCUT2D eigenvalue weighted by atomic mass is 16.2. The van der Waals surface area contributed by atoms with Gasteiger partial charge in [0.1, 0.15) is 5.82 Å². The molecule has 104 valence electrons. The number of nitrogens with zero attached hydrogens (tertiary/aromatic N) is 3. The first-order chi connectivity index (χ1) is 9.15. The molecule has 0 aromatic heterocycles. The van der Waals surface area contributed by atoms with E-state index >= 15 is 0 Å². The van der Waals surface area contributed by atoms with E-state index in [1.54, 1.807) is 6.21 Å². The van der Waals surface area contributed by atoms with Gasteiger partial charge in [0.15, 0.2) is 0 Å².